The molecule has 2 heterocycles. The Hall–Kier alpha value is -1.15. The number of carboxylic acid groups (broad SMARTS) is 1. The van der Waals surface area contributed by atoms with E-state index in [-0.39, 0.29) is 24.0 Å². The summed E-state index contributed by atoms with van der Waals surface area (Å²) in [6.45, 7) is 2.82. The van der Waals surface area contributed by atoms with E-state index in [0.29, 0.717) is 25.9 Å². The molecule has 2 aliphatic rings. The number of nitrogens with one attached hydrogen (secondary N) is 1. The Morgan fingerprint density at radius 3 is 2.65 bits per heavy atom. The quantitative estimate of drug-likeness (QED) is 0.696. The standard InChI is InChI=1S/C12H20N2O5S/c1-12(3-5-20(18,19)8-12)13-10(15)7-14-4-2-9(6-14)11(16)17/h9H,2-8H2,1H3,(H,13,15)(H,16,17). The van der Waals surface area contributed by atoms with Crippen molar-refractivity contribution >= 4 is 21.7 Å². The maximum atomic E-state index is 12.0. The number of likely N-dealkylation sites (tertiary alicyclic amines) is 1. The zero-order valence-corrected chi connectivity index (χ0v) is 12.3. The lowest BCUT2D eigenvalue weighted by Gasteiger charge is -2.25. The van der Waals surface area contributed by atoms with Crippen LogP contribution in [0.25, 0.3) is 0 Å². The minimum absolute atomic E-state index is 0.0243. The molecular formula is C12H20N2O5S. The number of carboxylic acids is 1. The number of hydrogen-bond acceptors (Lipinski definition) is 5. The van der Waals surface area contributed by atoms with Gasteiger partial charge in [-0.3, -0.25) is 14.5 Å². The van der Waals surface area contributed by atoms with Gasteiger partial charge in [-0.2, -0.15) is 0 Å². The zero-order chi connectivity index (χ0) is 15.0. The van der Waals surface area contributed by atoms with Gasteiger partial charge in [0.15, 0.2) is 9.84 Å². The van der Waals surface area contributed by atoms with Gasteiger partial charge in [0.2, 0.25) is 5.91 Å². The highest BCUT2D eigenvalue weighted by atomic mass is 32.2. The SMILES string of the molecule is CC1(NC(=O)CN2CCC(C(=O)O)C2)CCS(=O)(=O)C1. The van der Waals surface area contributed by atoms with Crippen molar-refractivity contribution in [1.29, 1.82) is 0 Å². The maximum Gasteiger partial charge on any atom is 0.307 e. The lowest BCUT2D eigenvalue weighted by atomic mass is 10.0. The highest BCUT2D eigenvalue weighted by Crippen LogP contribution is 2.23. The van der Waals surface area contributed by atoms with E-state index < -0.39 is 27.3 Å². The van der Waals surface area contributed by atoms with Crippen molar-refractivity contribution in [2.45, 2.75) is 25.3 Å². The van der Waals surface area contributed by atoms with Crippen LogP contribution in [0.2, 0.25) is 0 Å². The molecule has 2 N–H and O–H groups in total. The monoisotopic (exact) mass is 304 g/mol. The van der Waals surface area contributed by atoms with Crippen molar-refractivity contribution < 1.29 is 23.1 Å². The van der Waals surface area contributed by atoms with Gasteiger partial charge in [0.25, 0.3) is 0 Å². The molecule has 8 heteroatoms. The number of rotatable bonds is 4. The van der Waals surface area contributed by atoms with E-state index in [1.165, 1.54) is 0 Å². The second-order valence-corrected chi connectivity index (χ2v) is 8.19. The number of carbonyl (C=O) groups is 2. The Balaban J connectivity index is 1.83. The smallest absolute Gasteiger partial charge is 0.307 e. The Kier molecular flexibility index (Phi) is 4.06. The van der Waals surface area contributed by atoms with E-state index in [2.05, 4.69) is 5.32 Å². The molecular weight excluding hydrogens is 284 g/mol. The van der Waals surface area contributed by atoms with Crippen molar-refractivity contribution in [3.05, 3.63) is 0 Å². The molecule has 0 bridgehead atoms. The Labute approximate surface area is 118 Å². The van der Waals surface area contributed by atoms with E-state index in [9.17, 15) is 18.0 Å². The molecule has 0 radical (unpaired) electrons. The summed E-state index contributed by atoms with van der Waals surface area (Å²) in [6, 6.07) is 0. The van der Waals surface area contributed by atoms with Crippen LogP contribution in [-0.2, 0) is 19.4 Å². The van der Waals surface area contributed by atoms with Crippen LogP contribution in [-0.4, -0.2) is 67.0 Å². The molecule has 0 aliphatic carbocycles. The van der Waals surface area contributed by atoms with Gasteiger partial charge < -0.3 is 10.4 Å². The van der Waals surface area contributed by atoms with Crippen LogP contribution in [0, 0.1) is 5.92 Å². The Morgan fingerprint density at radius 2 is 2.15 bits per heavy atom. The molecule has 1 amide bonds. The fraction of sp³-hybridized carbons (Fsp3) is 0.833. The predicted octanol–water partition coefficient (Wildman–Crippen LogP) is -0.914. The molecule has 2 unspecified atom stereocenters. The lowest BCUT2D eigenvalue weighted by molar-refractivity contribution is -0.141. The van der Waals surface area contributed by atoms with E-state index in [1.807, 2.05) is 0 Å². The summed E-state index contributed by atoms with van der Waals surface area (Å²) in [5, 5.41) is 11.7. The van der Waals surface area contributed by atoms with Crippen LogP contribution in [0.4, 0.5) is 0 Å². The largest absolute Gasteiger partial charge is 0.481 e. The van der Waals surface area contributed by atoms with Gasteiger partial charge >= 0.3 is 5.97 Å². The highest BCUT2D eigenvalue weighted by Gasteiger charge is 2.39. The molecule has 0 aromatic heterocycles. The van der Waals surface area contributed by atoms with Crippen molar-refractivity contribution in [3.8, 4) is 0 Å². The molecule has 2 fully saturated rings. The number of carbonyl (C=O) groups excluding carboxylic acids is 1. The van der Waals surface area contributed by atoms with Crippen LogP contribution in [0.3, 0.4) is 0 Å². The van der Waals surface area contributed by atoms with Gasteiger partial charge in [-0.05, 0) is 26.3 Å². The average molecular weight is 304 g/mol. The molecule has 7 nitrogen and oxygen atoms in total. The van der Waals surface area contributed by atoms with E-state index >= 15 is 0 Å². The fourth-order valence-electron chi connectivity index (χ4n) is 2.87. The Morgan fingerprint density at radius 1 is 1.45 bits per heavy atom. The number of nitrogens with zero attached hydrogens (tertiary/aromatic N) is 1. The normalized spacial score (nSPS) is 33.1. The van der Waals surface area contributed by atoms with Crippen molar-refractivity contribution in [1.82, 2.24) is 10.2 Å². The fourth-order valence-corrected chi connectivity index (χ4v) is 4.96. The third-order valence-corrected chi connectivity index (χ3v) is 5.84. The minimum atomic E-state index is -3.05. The molecule has 0 aromatic rings. The highest BCUT2D eigenvalue weighted by molar-refractivity contribution is 7.91. The van der Waals surface area contributed by atoms with Crippen LogP contribution >= 0.6 is 0 Å². The first kappa shape index (κ1) is 15.2. The summed E-state index contributed by atoms with van der Waals surface area (Å²) in [5.74, 6) is -1.40. The molecule has 114 valence electrons. The third-order valence-electron chi connectivity index (χ3n) is 3.93. The first-order valence-electron chi connectivity index (χ1n) is 6.66. The number of hydrogen-bond donors (Lipinski definition) is 2. The first-order valence-corrected chi connectivity index (χ1v) is 8.48. The van der Waals surface area contributed by atoms with Crippen LogP contribution in [0.5, 0.6) is 0 Å². The molecule has 0 aromatic carbocycles. The summed E-state index contributed by atoms with van der Waals surface area (Å²) in [4.78, 5) is 24.6. The van der Waals surface area contributed by atoms with Crippen molar-refractivity contribution in [2.75, 3.05) is 31.1 Å². The summed E-state index contributed by atoms with van der Waals surface area (Å²) >= 11 is 0. The average Bonchev–Trinajstić information content (AvgIpc) is 2.83. The molecule has 2 atom stereocenters. The van der Waals surface area contributed by atoms with E-state index in [0.717, 1.165) is 0 Å². The molecule has 0 saturated carbocycles. The summed E-state index contributed by atoms with van der Waals surface area (Å²) < 4.78 is 22.9. The maximum absolute atomic E-state index is 12.0. The van der Waals surface area contributed by atoms with Crippen LogP contribution in [0.15, 0.2) is 0 Å². The van der Waals surface area contributed by atoms with Gasteiger partial charge in [0.05, 0.1) is 29.5 Å². The van der Waals surface area contributed by atoms with Gasteiger partial charge in [-0.25, -0.2) is 8.42 Å². The van der Waals surface area contributed by atoms with Gasteiger partial charge in [-0.15, -0.1) is 0 Å². The summed E-state index contributed by atoms with van der Waals surface area (Å²) in [6.07, 6.45) is 0.979. The van der Waals surface area contributed by atoms with Gasteiger partial charge in [-0.1, -0.05) is 0 Å². The lowest BCUT2D eigenvalue weighted by Crippen LogP contribution is -2.50. The number of amides is 1. The van der Waals surface area contributed by atoms with E-state index in [1.54, 1.807) is 11.8 Å². The van der Waals surface area contributed by atoms with Crippen molar-refractivity contribution in [2.24, 2.45) is 5.92 Å². The number of sulfone groups is 1. The van der Waals surface area contributed by atoms with Crippen LogP contribution in [0.1, 0.15) is 19.8 Å². The minimum Gasteiger partial charge on any atom is -0.481 e. The second kappa shape index (κ2) is 5.33. The molecule has 0 spiro atoms. The van der Waals surface area contributed by atoms with E-state index in [4.69, 9.17) is 5.11 Å². The second-order valence-electron chi connectivity index (χ2n) is 6.01. The first-order chi connectivity index (χ1) is 9.19. The summed E-state index contributed by atoms with van der Waals surface area (Å²) in [7, 11) is -3.05. The summed E-state index contributed by atoms with van der Waals surface area (Å²) in [5.41, 5.74) is -0.693. The van der Waals surface area contributed by atoms with Gasteiger partial charge in [0.1, 0.15) is 0 Å². The molecule has 2 rings (SSSR count). The number of aliphatic carboxylic acids is 1. The topological polar surface area (TPSA) is 104 Å². The predicted molar refractivity (Wildman–Crippen MR) is 72.0 cm³/mol. The molecule has 20 heavy (non-hydrogen) atoms. The molecule has 2 saturated heterocycles. The third kappa shape index (κ3) is 3.69. The molecule has 2 aliphatic heterocycles. The zero-order valence-electron chi connectivity index (χ0n) is 11.5. The van der Waals surface area contributed by atoms with Crippen LogP contribution < -0.4 is 5.32 Å². The van der Waals surface area contributed by atoms with Gasteiger partial charge in [0, 0.05) is 6.54 Å². The van der Waals surface area contributed by atoms with Crippen molar-refractivity contribution in [3.63, 3.8) is 0 Å². The Bertz CT molecular complexity index is 518.